The second kappa shape index (κ2) is 6.07. The molecule has 1 N–H and O–H groups in total. The van der Waals surface area contributed by atoms with Crippen LogP contribution in [0.1, 0.15) is 27.9 Å². The van der Waals surface area contributed by atoms with E-state index >= 15 is 0 Å². The van der Waals surface area contributed by atoms with Crippen LogP contribution in [0.3, 0.4) is 0 Å². The van der Waals surface area contributed by atoms with E-state index in [1.165, 1.54) is 10.9 Å². The number of hydrogen-bond donors (Lipinski definition) is 1. The summed E-state index contributed by atoms with van der Waals surface area (Å²) >= 11 is 1.73. The van der Waals surface area contributed by atoms with Crippen molar-refractivity contribution in [2.24, 2.45) is 0 Å². The molecule has 0 unspecified atom stereocenters. The lowest BCUT2D eigenvalue weighted by atomic mass is 10.1. The molecule has 0 saturated carbocycles. The van der Waals surface area contributed by atoms with Crippen molar-refractivity contribution in [3.8, 4) is 0 Å². The van der Waals surface area contributed by atoms with Crippen molar-refractivity contribution < 1.29 is 4.39 Å². The number of benzene rings is 1. The Bertz CT molecular complexity index is 522. The summed E-state index contributed by atoms with van der Waals surface area (Å²) in [7, 11) is 0. The van der Waals surface area contributed by atoms with Crippen LogP contribution in [0, 0.1) is 12.7 Å². The van der Waals surface area contributed by atoms with E-state index in [0.717, 1.165) is 29.1 Å². The highest BCUT2D eigenvalue weighted by molar-refractivity contribution is 7.11. The summed E-state index contributed by atoms with van der Waals surface area (Å²) in [5.41, 5.74) is 2.11. The zero-order chi connectivity index (χ0) is 13.0. The van der Waals surface area contributed by atoms with E-state index in [1.54, 1.807) is 17.4 Å². The summed E-state index contributed by atoms with van der Waals surface area (Å²) in [6.07, 6.45) is 2.95. The van der Waals surface area contributed by atoms with Gasteiger partial charge in [-0.2, -0.15) is 0 Å². The maximum Gasteiger partial charge on any atom is 0.123 e. The third-order valence-electron chi connectivity index (χ3n) is 2.85. The predicted molar refractivity (Wildman–Crippen MR) is 73.2 cm³/mol. The first-order chi connectivity index (χ1) is 8.69. The van der Waals surface area contributed by atoms with Gasteiger partial charge in [0.1, 0.15) is 10.8 Å². The van der Waals surface area contributed by atoms with Crippen LogP contribution in [0.4, 0.5) is 4.39 Å². The lowest BCUT2D eigenvalue weighted by Gasteiger charge is -2.06. The lowest BCUT2D eigenvalue weighted by molar-refractivity contribution is 0.618. The highest BCUT2D eigenvalue weighted by Gasteiger charge is 2.02. The average Bonchev–Trinajstić information content (AvgIpc) is 2.81. The zero-order valence-electron chi connectivity index (χ0n) is 10.7. The van der Waals surface area contributed by atoms with E-state index in [1.807, 2.05) is 19.2 Å². The molecule has 18 heavy (non-hydrogen) atoms. The van der Waals surface area contributed by atoms with Crippen LogP contribution in [0.15, 0.2) is 24.4 Å². The van der Waals surface area contributed by atoms with Gasteiger partial charge in [0, 0.05) is 24.2 Å². The van der Waals surface area contributed by atoms with Crippen LogP contribution in [0.25, 0.3) is 0 Å². The molecule has 2 nitrogen and oxygen atoms in total. The fourth-order valence-corrected chi connectivity index (χ4v) is 2.56. The SMILES string of the molecule is CCc1cnc(CNCc2cc(F)ccc2C)s1. The highest BCUT2D eigenvalue weighted by Crippen LogP contribution is 2.14. The largest absolute Gasteiger partial charge is 0.306 e. The number of halogens is 1. The highest BCUT2D eigenvalue weighted by atomic mass is 32.1. The summed E-state index contributed by atoms with van der Waals surface area (Å²) in [5.74, 6) is -0.181. The van der Waals surface area contributed by atoms with Crippen molar-refractivity contribution in [3.05, 3.63) is 51.2 Å². The number of rotatable bonds is 5. The van der Waals surface area contributed by atoms with Gasteiger partial charge in [-0.3, -0.25) is 0 Å². The number of nitrogens with zero attached hydrogens (tertiary/aromatic N) is 1. The Kier molecular flexibility index (Phi) is 4.44. The first kappa shape index (κ1) is 13.2. The minimum atomic E-state index is -0.181. The number of thiazole rings is 1. The Morgan fingerprint density at radius 3 is 2.89 bits per heavy atom. The van der Waals surface area contributed by atoms with Crippen LogP contribution < -0.4 is 5.32 Å². The summed E-state index contributed by atoms with van der Waals surface area (Å²) in [5, 5.41) is 4.39. The quantitative estimate of drug-likeness (QED) is 0.894. The summed E-state index contributed by atoms with van der Waals surface area (Å²) in [6.45, 7) is 5.53. The standard InChI is InChI=1S/C14H17FN2S/c1-3-13-8-17-14(18-13)9-16-7-11-6-12(15)5-4-10(11)2/h4-6,8,16H,3,7,9H2,1-2H3. The van der Waals surface area contributed by atoms with Gasteiger partial charge in [0.2, 0.25) is 0 Å². The van der Waals surface area contributed by atoms with Crippen molar-refractivity contribution in [1.29, 1.82) is 0 Å². The van der Waals surface area contributed by atoms with E-state index < -0.39 is 0 Å². The number of hydrogen-bond acceptors (Lipinski definition) is 3. The van der Waals surface area contributed by atoms with Crippen molar-refractivity contribution in [3.63, 3.8) is 0 Å². The van der Waals surface area contributed by atoms with Crippen molar-refractivity contribution >= 4 is 11.3 Å². The van der Waals surface area contributed by atoms with Gasteiger partial charge >= 0.3 is 0 Å². The Balaban J connectivity index is 1.90. The molecule has 2 rings (SSSR count). The molecule has 0 amide bonds. The van der Waals surface area contributed by atoms with Gasteiger partial charge in [0.15, 0.2) is 0 Å². The molecule has 1 aromatic carbocycles. The summed E-state index contributed by atoms with van der Waals surface area (Å²) < 4.78 is 13.1. The minimum absolute atomic E-state index is 0.181. The van der Waals surface area contributed by atoms with Crippen LogP contribution in [-0.4, -0.2) is 4.98 Å². The van der Waals surface area contributed by atoms with Crippen molar-refractivity contribution in [2.45, 2.75) is 33.4 Å². The van der Waals surface area contributed by atoms with Gasteiger partial charge < -0.3 is 5.32 Å². The van der Waals surface area contributed by atoms with Crippen LogP contribution >= 0.6 is 11.3 Å². The van der Waals surface area contributed by atoms with Gasteiger partial charge in [-0.25, -0.2) is 9.37 Å². The van der Waals surface area contributed by atoms with E-state index in [9.17, 15) is 4.39 Å². The first-order valence-corrected chi connectivity index (χ1v) is 6.90. The van der Waals surface area contributed by atoms with E-state index in [4.69, 9.17) is 0 Å². The third kappa shape index (κ3) is 3.37. The fourth-order valence-electron chi connectivity index (χ4n) is 1.73. The molecule has 0 aliphatic carbocycles. The molecule has 0 radical (unpaired) electrons. The molecule has 4 heteroatoms. The van der Waals surface area contributed by atoms with Crippen molar-refractivity contribution in [2.75, 3.05) is 0 Å². The lowest BCUT2D eigenvalue weighted by Crippen LogP contribution is -2.13. The average molecular weight is 264 g/mol. The van der Waals surface area contributed by atoms with Gasteiger partial charge in [-0.1, -0.05) is 13.0 Å². The fraction of sp³-hybridized carbons (Fsp3) is 0.357. The molecule has 0 saturated heterocycles. The smallest absolute Gasteiger partial charge is 0.123 e. The molecule has 2 aromatic rings. The Morgan fingerprint density at radius 1 is 1.33 bits per heavy atom. The first-order valence-electron chi connectivity index (χ1n) is 6.08. The molecule has 0 atom stereocenters. The second-order valence-electron chi connectivity index (χ2n) is 4.25. The molecule has 0 aliphatic heterocycles. The van der Waals surface area contributed by atoms with Gasteiger partial charge in [-0.05, 0) is 36.6 Å². The molecule has 0 spiro atoms. The van der Waals surface area contributed by atoms with Crippen LogP contribution in [0.2, 0.25) is 0 Å². The molecule has 0 aliphatic rings. The van der Waals surface area contributed by atoms with Gasteiger partial charge in [-0.15, -0.1) is 11.3 Å². The number of nitrogens with one attached hydrogen (secondary N) is 1. The second-order valence-corrected chi connectivity index (χ2v) is 5.45. The van der Waals surface area contributed by atoms with Crippen LogP contribution in [0.5, 0.6) is 0 Å². The zero-order valence-corrected chi connectivity index (χ0v) is 11.5. The van der Waals surface area contributed by atoms with E-state index in [0.29, 0.717) is 6.54 Å². The molecule has 0 bridgehead atoms. The van der Waals surface area contributed by atoms with Gasteiger partial charge in [0.25, 0.3) is 0 Å². The normalized spacial score (nSPS) is 10.8. The molecule has 96 valence electrons. The van der Waals surface area contributed by atoms with E-state index in [2.05, 4.69) is 17.2 Å². The maximum absolute atomic E-state index is 13.1. The number of aryl methyl sites for hydroxylation is 2. The Morgan fingerprint density at radius 2 is 2.17 bits per heavy atom. The molecular weight excluding hydrogens is 247 g/mol. The predicted octanol–water partition coefficient (Wildman–Crippen LogP) is 3.44. The molecular formula is C14H17FN2S. The van der Waals surface area contributed by atoms with Crippen LogP contribution in [-0.2, 0) is 19.5 Å². The number of aromatic nitrogens is 1. The molecule has 1 aromatic heterocycles. The Labute approximate surface area is 111 Å². The Hall–Kier alpha value is -1.26. The third-order valence-corrected chi connectivity index (χ3v) is 3.99. The van der Waals surface area contributed by atoms with Gasteiger partial charge in [0.05, 0.1) is 0 Å². The minimum Gasteiger partial charge on any atom is -0.306 e. The maximum atomic E-state index is 13.1. The summed E-state index contributed by atoms with van der Waals surface area (Å²) in [6, 6.07) is 4.89. The molecule has 1 heterocycles. The van der Waals surface area contributed by atoms with Crippen molar-refractivity contribution in [1.82, 2.24) is 10.3 Å². The monoisotopic (exact) mass is 264 g/mol. The molecule has 0 fully saturated rings. The topological polar surface area (TPSA) is 24.9 Å². The summed E-state index contributed by atoms with van der Waals surface area (Å²) in [4.78, 5) is 5.64. The van der Waals surface area contributed by atoms with E-state index in [-0.39, 0.29) is 5.82 Å².